The molecule has 1 fully saturated rings. The Morgan fingerprint density at radius 3 is 2.62 bits per heavy atom. The first-order valence-electron chi connectivity index (χ1n) is 5.41. The smallest absolute Gasteiger partial charge is 0.0431 e. The molecule has 0 aromatic heterocycles. The Labute approximate surface area is 80.9 Å². The van der Waals surface area contributed by atoms with Gasteiger partial charge in [-0.3, -0.25) is 0 Å². The van der Waals surface area contributed by atoms with Gasteiger partial charge in [0.2, 0.25) is 0 Å². The third-order valence-corrected chi connectivity index (χ3v) is 2.69. The molecule has 0 spiro atoms. The van der Waals surface area contributed by atoms with Crippen LogP contribution in [0.15, 0.2) is 0 Å². The highest BCUT2D eigenvalue weighted by Crippen LogP contribution is 2.08. The van der Waals surface area contributed by atoms with Crippen LogP contribution in [-0.4, -0.2) is 42.3 Å². The molecule has 13 heavy (non-hydrogen) atoms. The second kappa shape index (κ2) is 6.35. The molecular weight excluding hydrogens is 164 g/mol. The van der Waals surface area contributed by atoms with Gasteiger partial charge in [0.15, 0.2) is 0 Å². The predicted octanol–water partition coefficient (Wildman–Crippen LogP) is 0.572. The number of rotatable bonds is 6. The van der Waals surface area contributed by atoms with Crippen molar-refractivity contribution in [2.24, 2.45) is 5.73 Å². The van der Waals surface area contributed by atoms with Crippen molar-refractivity contribution in [1.29, 1.82) is 0 Å². The van der Waals surface area contributed by atoms with Gasteiger partial charge < -0.3 is 15.7 Å². The van der Waals surface area contributed by atoms with Gasteiger partial charge in [-0.2, -0.15) is 0 Å². The average Bonchev–Trinajstić information content (AvgIpc) is 2.51. The van der Waals surface area contributed by atoms with Crippen LogP contribution in [0.2, 0.25) is 0 Å². The maximum Gasteiger partial charge on any atom is 0.0431 e. The van der Waals surface area contributed by atoms with Crippen molar-refractivity contribution >= 4 is 0 Å². The number of nitrogens with zero attached hydrogens (tertiary/aromatic N) is 1. The summed E-state index contributed by atoms with van der Waals surface area (Å²) >= 11 is 0. The molecule has 0 radical (unpaired) electrons. The van der Waals surface area contributed by atoms with Crippen LogP contribution >= 0.6 is 0 Å². The highest BCUT2D eigenvalue weighted by Gasteiger charge is 2.17. The van der Waals surface area contributed by atoms with Gasteiger partial charge in [0.25, 0.3) is 0 Å². The minimum Gasteiger partial charge on any atom is -0.396 e. The molecule has 3 heteroatoms. The predicted molar refractivity (Wildman–Crippen MR) is 54.6 cm³/mol. The van der Waals surface area contributed by atoms with E-state index in [4.69, 9.17) is 10.8 Å². The lowest BCUT2D eigenvalue weighted by molar-refractivity contribution is 0.278. The van der Waals surface area contributed by atoms with Crippen molar-refractivity contribution in [2.75, 3.05) is 26.2 Å². The summed E-state index contributed by atoms with van der Waals surface area (Å²) in [5.41, 5.74) is 5.80. The summed E-state index contributed by atoms with van der Waals surface area (Å²) in [4.78, 5) is 2.45. The van der Waals surface area contributed by atoms with E-state index in [0.717, 1.165) is 25.8 Å². The highest BCUT2D eigenvalue weighted by molar-refractivity contribution is 4.77. The normalized spacial score (nSPS) is 24.0. The molecule has 1 aliphatic rings. The Kier molecular flexibility index (Phi) is 5.35. The van der Waals surface area contributed by atoms with Gasteiger partial charge in [-0.15, -0.1) is 0 Å². The molecule has 0 aliphatic carbocycles. The van der Waals surface area contributed by atoms with Crippen LogP contribution in [0.1, 0.15) is 32.1 Å². The zero-order valence-electron chi connectivity index (χ0n) is 8.41. The summed E-state index contributed by atoms with van der Waals surface area (Å²) in [6, 6.07) is 0.414. The van der Waals surface area contributed by atoms with E-state index in [1.54, 1.807) is 0 Å². The van der Waals surface area contributed by atoms with Crippen molar-refractivity contribution in [3.05, 3.63) is 0 Å². The van der Waals surface area contributed by atoms with Gasteiger partial charge in [0.1, 0.15) is 0 Å². The third kappa shape index (κ3) is 4.60. The fourth-order valence-corrected chi connectivity index (χ4v) is 1.87. The molecule has 0 unspecified atom stereocenters. The summed E-state index contributed by atoms with van der Waals surface area (Å²) in [7, 11) is 0. The third-order valence-electron chi connectivity index (χ3n) is 2.69. The Bertz CT molecular complexity index is 130. The zero-order valence-corrected chi connectivity index (χ0v) is 8.41. The minimum absolute atomic E-state index is 0.342. The molecule has 78 valence electrons. The van der Waals surface area contributed by atoms with Crippen LogP contribution in [0.4, 0.5) is 0 Å². The molecule has 0 bridgehead atoms. The summed E-state index contributed by atoms with van der Waals surface area (Å²) in [5, 5.41) is 8.58. The van der Waals surface area contributed by atoms with Crippen LogP contribution in [0.5, 0.6) is 0 Å². The Morgan fingerprint density at radius 2 is 2.00 bits per heavy atom. The van der Waals surface area contributed by atoms with Gasteiger partial charge in [0.05, 0.1) is 0 Å². The SMILES string of the molecule is N[C@H]1CCN(CCCCCCO)C1. The molecule has 0 amide bonds. The molecule has 0 saturated carbocycles. The van der Waals surface area contributed by atoms with Crippen molar-refractivity contribution in [3.63, 3.8) is 0 Å². The standard InChI is InChI=1S/C10H22N2O/c11-10-5-7-12(9-10)6-3-1-2-4-8-13/h10,13H,1-9,11H2/t10-/m0/s1. The Balaban J connectivity index is 1.88. The van der Waals surface area contributed by atoms with Crippen LogP contribution in [0.3, 0.4) is 0 Å². The van der Waals surface area contributed by atoms with E-state index in [1.807, 2.05) is 0 Å². The van der Waals surface area contributed by atoms with Crippen molar-refractivity contribution in [2.45, 2.75) is 38.1 Å². The van der Waals surface area contributed by atoms with E-state index in [-0.39, 0.29) is 0 Å². The molecule has 1 saturated heterocycles. The van der Waals surface area contributed by atoms with E-state index in [2.05, 4.69) is 4.90 Å². The lowest BCUT2D eigenvalue weighted by atomic mass is 10.2. The van der Waals surface area contributed by atoms with Crippen LogP contribution in [0.25, 0.3) is 0 Å². The molecule has 1 atom stereocenters. The first kappa shape index (κ1) is 11.0. The lowest BCUT2D eigenvalue weighted by Crippen LogP contribution is -2.27. The first-order valence-corrected chi connectivity index (χ1v) is 5.41. The van der Waals surface area contributed by atoms with Gasteiger partial charge in [-0.05, 0) is 32.4 Å². The number of aliphatic hydroxyl groups is 1. The second-order valence-corrected chi connectivity index (χ2v) is 3.99. The van der Waals surface area contributed by atoms with Gasteiger partial charge >= 0.3 is 0 Å². The molecule has 1 rings (SSSR count). The molecule has 0 aromatic rings. The van der Waals surface area contributed by atoms with E-state index < -0.39 is 0 Å². The minimum atomic E-state index is 0.342. The summed E-state index contributed by atoms with van der Waals surface area (Å²) in [6.07, 6.45) is 5.78. The number of unbranched alkanes of at least 4 members (excludes halogenated alkanes) is 3. The molecule has 1 aliphatic heterocycles. The largest absolute Gasteiger partial charge is 0.396 e. The summed E-state index contributed by atoms with van der Waals surface area (Å²) in [5.74, 6) is 0. The number of hydrogen-bond donors (Lipinski definition) is 2. The molecule has 3 nitrogen and oxygen atoms in total. The molecule has 3 N–H and O–H groups in total. The molecular formula is C10H22N2O. The quantitative estimate of drug-likeness (QED) is 0.596. The summed E-state index contributed by atoms with van der Waals surface area (Å²) < 4.78 is 0. The van der Waals surface area contributed by atoms with E-state index >= 15 is 0 Å². The van der Waals surface area contributed by atoms with Crippen LogP contribution in [0, 0.1) is 0 Å². The van der Waals surface area contributed by atoms with Gasteiger partial charge in [-0.25, -0.2) is 0 Å². The fraction of sp³-hybridized carbons (Fsp3) is 1.00. The van der Waals surface area contributed by atoms with E-state index in [9.17, 15) is 0 Å². The number of likely N-dealkylation sites (tertiary alicyclic amines) is 1. The van der Waals surface area contributed by atoms with E-state index in [1.165, 1.54) is 25.9 Å². The highest BCUT2D eigenvalue weighted by atomic mass is 16.2. The first-order chi connectivity index (χ1) is 6.33. The monoisotopic (exact) mass is 186 g/mol. The summed E-state index contributed by atoms with van der Waals surface area (Å²) in [6.45, 7) is 3.80. The number of aliphatic hydroxyl groups excluding tert-OH is 1. The van der Waals surface area contributed by atoms with Gasteiger partial charge in [0, 0.05) is 19.2 Å². The van der Waals surface area contributed by atoms with E-state index in [0.29, 0.717) is 12.6 Å². The van der Waals surface area contributed by atoms with Crippen LogP contribution in [-0.2, 0) is 0 Å². The van der Waals surface area contributed by atoms with Crippen molar-refractivity contribution in [1.82, 2.24) is 4.90 Å². The lowest BCUT2D eigenvalue weighted by Gasteiger charge is -2.14. The second-order valence-electron chi connectivity index (χ2n) is 3.99. The Hall–Kier alpha value is -0.120. The van der Waals surface area contributed by atoms with Crippen molar-refractivity contribution in [3.8, 4) is 0 Å². The maximum absolute atomic E-state index is 8.58. The molecule has 0 aromatic carbocycles. The Morgan fingerprint density at radius 1 is 1.23 bits per heavy atom. The van der Waals surface area contributed by atoms with Crippen molar-refractivity contribution < 1.29 is 5.11 Å². The fourth-order valence-electron chi connectivity index (χ4n) is 1.87. The van der Waals surface area contributed by atoms with Gasteiger partial charge in [-0.1, -0.05) is 12.8 Å². The molecule has 1 heterocycles. The number of nitrogens with two attached hydrogens (primary N) is 1. The number of hydrogen-bond acceptors (Lipinski definition) is 3. The maximum atomic E-state index is 8.58. The van der Waals surface area contributed by atoms with Crippen LogP contribution < -0.4 is 5.73 Å². The topological polar surface area (TPSA) is 49.5 Å². The zero-order chi connectivity index (χ0) is 9.52. The average molecular weight is 186 g/mol.